The van der Waals surface area contributed by atoms with Crippen LogP contribution in [-0.2, 0) is 0 Å². The first kappa shape index (κ1) is 13.6. The molecule has 0 bridgehead atoms. The Labute approximate surface area is 278 Å². The predicted octanol–water partition coefficient (Wildman–Crippen LogP) is 9.63. The fraction of sp³-hybridized carbons (Fsp3) is 0. The summed E-state index contributed by atoms with van der Waals surface area (Å²) in [7, 11) is 0. The zero-order valence-electron chi connectivity index (χ0n) is 38.7. The highest BCUT2D eigenvalue weighted by Gasteiger charge is 2.22. The third kappa shape index (κ3) is 3.42. The van der Waals surface area contributed by atoms with Crippen molar-refractivity contribution in [2.75, 3.05) is 0 Å². The van der Waals surface area contributed by atoms with Crippen LogP contribution in [0.2, 0.25) is 0 Å². The van der Waals surface area contributed by atoms with Crippen LogP contribution in [0.5, 0.6) is 0 Å². The highest BCUT2D eigenvalue weighted by atomic mass is 16.3. The van der Waals surface area contributed by atoms with Crippen molar-refractivity contribution in [2.24, 2.45) is 0 Å². The Morgan fingerprint density at radius 2 is 0.933 bits per heavy atom. The molecule has 0 aliphatic heterocycles. The van der Waals surface area contributed by atoms with E-state index in [0.717, 1.165) is 9.13 Å². The van der Waals surface area contributed by atoms with Gasteiger partial charge in [-0.3, -0.25) is 9.13 Å². The smallest absolute Gasteiger partial charge is 0.240 e. The van der Waals surface area contributed by atoms with E-state index < -0.39 is 109 Å². The molecule has 210 valence electrons. The molecule has 0 unspecified atom stereocenters. The molecule has 0 fully saturated rings. The lowest BCUT2D eigenvalue weighted by Crippen LogP contribution is -2.10. The molecule has 10 aromatic rings. The van der Waals surface area contributed by atoms with Crippen molar-refractivity contribution in [1.29, 1.82) is 0 Å². The third-order valence-electron chi connectivity index (χ3n) is 7.72. The predicted molar refractivity (Wildman–Crippen MR) is 181 cm³/mol. The second-order valence-electron chi connectivity index (χ2n) is 10.1. The summed E-state index contributed by atoms with van der Waals surface area (Å²) in [6.45, 7) is 0. The third-order valence-corrected chi connectivity index (χ3v) is 7.72. The fourth-order valence-electron chi connectivity index (χ4n) is 5.88. The van der Waals surface area contributed by atoms with E-state index in [1.165, 1.54) is 0 Å². The van der Waals surface area contributed by atoms with E-state index in [1.807, 2.05) is 0 Å². The van der Waals surface area contributed by atoms with Gasteiger partial charge in [0.2, 0.25) is 11.9 Å². The second kappa shape index (κ2) is 9.11. The van der Waals surface area contributed by atoms with Gasteiger partial charge in [-0.05, 0) is 36.3 Å². The number of hydrogen-bond acceptors (Lipinski definition) is 4. The van der Waals surface area contributed by atoms with Crippen molar-refractivity contribution in [1.82, 2.24) is 24.1 Å². The molecule has 0 spiro atoms. The Kier molecular flexibility index (Phi) is 2.75. The summed E-state index contributed by atoms with van der Waals surface area (Å²) in [6, 6.07) is 1.64. The van der Waals surface area contributed by atoms with Crippen LogP contribution in [0.4, 0.5) is 0 Å². The van der Waals surface area contributed by atoms with Crippen LogP contribution in [0.1, 0.15) is 21.9 Å². The average molecular weight is 594 g/mol. The molecule has 0 aliphatic carbocycles. The van der Waals surface area contributed by atoms with Crippen LogP contribution in [0.3, 0.4) is 0 Å². The maximum absolute atomic E-state index is 9.11. The molecule has 4 aromatic heterocycles. The van der Waals surface area contributed by atoms with Crippen molar-refractivity contribution >= 4 is 65.6 Å². The van der Waals surface area contributed by atoms with E-state index in [2.05, 4.69) is 0 Å². The molecule has 0 N–H and O–H groups in total. The first-order valence-electron chi connectivity index (χ1n) is 21.7. The van der Waals surface area contributed by atoms with Crippen LogP contribution in [0, 0.1) is 0 Å². The SMILES string of the molecule is [2H]c1c([2H])c([2H])c2c(c1[2H])c1c([2H])c([2H])c([2H])c([2H])c1n2-c1nc(-c2cccc3oc4ccccc4c23)nc(-n2c3c([2H])c([2H])c([2H])c([2H])c3c3c([2H])c([2H])c([2H])c([2H])c32)n1. The summed E-state index contributed by atoms with van der Waals surface area (Å²) in [5, 5.41) is 0.0910. The monoisotopic (exact) mass is 593 g/mol. The number of fused-ring (bicyclic) bond motifs is 9. The first-order valence-corrected chi connectivity index (χ1v) is 13.7. The van der Waals surface area contributed by atoms with E-state index in [1.54, 1.807) is 42.5 Å². The Morgan fingerprint density at radius 1 is 0.467 bits per heavy atom. The van der Waals surface area contributed by atoms with Gasteiger partial charge in [0.25, 0.3) is 0 Å². The summed E-state index contributed by atoms with van der Waals surface area (Å²) < 4.78 is 149. The van der Waals surface area contributed by atoms with Gasteiger partial charge in [-0.2, -0.15) is 15.0 Å². The fourth-order valence-corrected chi connectivity index (χ4v) is 5.88. The van der Waals surface area contributed by atoms with Crippen LogP contribution >= 0.6 is 0 Å². The lowest BCUT2D eigenvalue weighted by Gasteiger charge is -2.13. The topological polar surface area (TPSA) is 61.7 Å². The van der Waals surface area contributed by atoms with Crippen molar-refractivity contribution in [3.8, 4) is 23.3 Å². The molecule has 45 heavy (non-hydrogen) atoms. The maximum atomic E-state index is 9.11. The normalized spacial score (nSPS) is 17.0. The lowest BCUT2D eigenvalue weighted by atomic mass is 10.1. The summed E-state index contributed by atoms with van der Waals surface area (Å²) in [5.41, 5.74) is -0.0846. The second-order valence-corrected chi connectivity index (χ2v) is 10.1. The van der Waals surface area contributed by atoms with Crippen LogP contribution < -0.4 is 0 Å². The van der Waals surface area contributed by atoms with Crippen LogP contribution in [0.15, 0.2) is 144 Å². The standard InChI is InChI=1S/C39H23N5O/c1-6-18-30-24(12-1)25-13-2-7-19-31(25)43(30)38-40-37(29-17-11-23-35-36(29)28-16-5-10-22-34(28)45-35)41-39(42-38)44-32-20-8-3-14-26(32)27-15-4-9-21-33(27)44/h1-23H/i1D,2D,3D,4D,6D,7D,8D,9D,12D,13D,14D,15D,18D,19D,20D,21D. The van der Waals surface area contributed by atoms with Gasteiger partial charge in [0.15, 0.2) is 5.82 Å². The molecule has 6 nitrogen and oxygen atoms in total. The molecule has 0 aliphatic rings. The largest absolute Gasteiger partial charge is 0.456 e. The number of para-hydroxylation sites is 5. The quantitative estimate of drug-likeness (QED) is 0.205. The van der Waals surface area contributed by atoms with Gasteiger partial charge in [-0.1, -0.05) is 103 Å². The number of nitrogens with zero attached hydrogens (tertiary/aromatic N) is 5. The number of benzene rings is 6. The molecule has 6 heteroatoms. The maximum Gasteiger partial charge on any atom is 0.240 e. The summed E-state index contributed by atoms with van der Waals surface area (Å²) >= 11 is 0. The molecular weight excluding hydrogens is 554 g/mol. The summed E-state index contributed by atoms with van der Waals surface area (Å²) in [4.78, 5) is 14.4. The zero-order chi connectivity index (χ0) is 43.4. The zero-order valence-corrected chi connectivity index (χ0v) is 22.7. The van der Waals surface area contributed by atoms with Crippen molar-refractivity contribution in [2.45, 2.75) is 0 Å². The van der Waals surface area contributed by atoms with Crippen molar-refractivity contribution in [3.63, 3.8) is 0 Å². The van der Waals surface area contributed by atoms with Gasteiger partial charge in [-0.25, -0.2) is 0 Å². The van der Waals surface area contributed by atoms with Gasteiger partial charge < -0.3 is 4.42 Å². The van der Waals surface area contributed by atoms with E-state index in [-0.39, 0.29) is 49.4 Å². The molecular formula is C39H23N5O. The van der Waals surface area contributed by atoms with Crippen LogP contribution in [-0.4, -0.2) is 24.1 Å². The average Bonchev–Trinajstić information content (AvgIpc) is 3.95. The van der Waals surface area contributed by atoms with E-state index in [9.17, 15) is 0 Å². The number of furan rings is 1. The number of aromatic nitrogens is 5. The molecule has 0 radical (unpaired) electrons. The molecule has 0 atom stereocenters. The van der Waals surface area contributed by atoms with E-state index >= 15 is 0 Å². The highest BCUT2D eigenvalue weighted by molar-refractivity contribution is 6.12. The van der Waals surface area contributed by atoms with Gasteiger partial charge in [0, 0.05) is 37.9 Å². The highest BCUT2D eigenvalue weighted by Crippen LogP contribution is 2.38. The number of rotatable bonds is 3. The molecule has 0 amide bonds. The summed E-state index contributed by atoms with van der Waals surface area (Å²) in [5.74, 6) is -1.11. The molecule has 4 heterocycles. The molecule has 0 saturated carbocycles. The molecule has 6 aromatic carbocycles. The minimum atomic E-state index is -0.699. The van der Waals surface area contributed by atoms with Gasteiger partial charge in [0.05, 0.1) is 44.0 Å². The van der Waals surface area contributed by atoms with Gasteiger partial charge in [-0.15, -0.1) is 0 Å². The number of hydrogen-bond donors (Lipinski definition) is 0. The van der Waals surface area contributed by atoms with E-state index in [0.29, 0.717) is 27.5 Å². The van der Waals surface area contributed by atoms with Crippen molar-refractivity contribution < 1.29 is 26.3 Å². The molecule has 10 rings (SSSR count). The van der Waals surface area contributed by atoms with Crippen LogP contribution in [0.25, 0.3) is 88.8 Å². The minimum absolute atomic E-state index is 0.162. The Morgan fingerprint density at radius 3 is 1.47 bits per heavy atom. The first-order chi connectivity index (χ1) is 29.0. The Balaban J connectivity index is 1.48. The van der Waals surface area contributed by atoms with E-state index in [4.69, 9.17) is 41.3 Å². The van der Waals surface area contributed by atoms with Gasteiger partial charge in [0.1, 0.15) is 11.2 Å². The lowest BCUT2D eigenvalue weighted by molar-refractivity contribution is 0.669. The van der Waals surface area contributed by atoms with Gasteiger partial charge >= 0.3 is 0 Å². The Hall–Kier alpha value is -6.27. The Bertz CT molecular complexity index is 3350. The minimum Gasteiger partial charge on any atom is -0.456 e. The van der Waals surface area contributed by atoms with Crippen molar-refractivity contribution in [3.05, 3.63) is 139 Å². The summed E-state index contributed by atoms with van der Waals surface area (Å²) in [6.07, 6.45) is 0. The molecule has 0 saturated heterocycles.